The lowest BCUT2D eigenvalue weighted by molar-refractivity contribution is -0.130. The molecule has 10 heteroatoms. The van der Waals surface area contributed by atoms with E-state index in [9.17, 15) is 19.2 Å². The first-order chi connectivity index (χ1) is 14.5. The van der Waals surface area contributed by atoms with Gasteiger partial charge >= 0.3 is 12.0 Å². The summed E-state index contributed by atoms with van der Waals surface area (Å²) in [5.41, 5.74) is 0.184. The number of rotatable bonds is 6. The number of halogens is 2. The molecule has 31 heavy (non-hydrogen) atoms. The van der Waals surface area contributed by atoms with Crippen molar-refractivity contribution in [1.29, 1.82) is 0 Å². The normalized spacial score (nSPS) is 18.3. The van der Waals surface area contributed by atoms with E-state index >= 15 is 0 Å². The summed E-state index contributed by atoms with van der Waals surface area (Å²) >= 11 is 12.2. The number of nitrogens with one attached hydrogen (secondary N) is 2. The van der Waals surface area contributed by atoms with E-state index in [0.717, 1.165) is 4.90 Å². The summed E-state index contributed by atoms with van der Waals surface area (Å²) in [7, 11) is 0. The van der Waals surface area contributed by atoms with Crippen LogP contribution in [0, 0.1) is 13.8 Å². The Morgan fingerprint density at radius 1 is 1.19 bits per heavy atom. The zero-order valence-electron chi connectivity index (χ0n) is 17.4. The van der Waals surface area contributed by atoms with Crippen LogP contribution in [0.2, 0.25) is 10.0 Å². The van der Waals surface area contributed by atoms with E-state index in [4.69, 9.17) is 27.9 Å². The number of Topliss-reactive ketones (excluding diaryl/α,β-unsaturated/α-hetero) is 1. The van der Waals surface area contributed by atoms with Gasteiger partial charge in [0.1, 0.15) is 5.54 Å². The van der Waals surface area contributed by atoms with E-state index < -0.39 is 35.8 Å². The molecule has 2 aromatic rings. The first-order valence-corrected chi connectivity index (χ1v) is 10.3. The molecule has 3 rings (SSSR count). The SMILES string of the molecule is CCOC(=O)c1c(C)[nH]c(C(=O)CN2C(=O)NC(C)(c3ccc(Cl)cc3Cl)C2=O)c1C. The number of nitrogens with zero attached hydrogens (tertiary/aromatic N) is 1. The van der Waals surface area contributed by atoms with Crippen LogP contribution < -0.4 is 5.32 Å². The first kappa shape index (κ1) is 22.8. The standard InChI is InChI=1S/C21H21Cl2N3O5/c1-5-31-18(28)16-10(2)17(24-11(16)3)15(27)9-26-19(29)21(4,25-20(26)30)13-7-6-12(22)8-14(13)23/h6-8,24H,5,9H2,1-4H3,(H,25,30). The van der Waals surface area contributed by atoms with Crippen LogP contribution in [0.25, 0.3) is 0 Å². The summed E-state index contributed by atoms with van der Waals surface area (Å²) in [5.74, 6) is -1.69. The molecule has 1 atom stereocenters. The number of ether oxygens (including phenoxy) is 1. The van der Waals surface area contributed by atoms with Crippen LogP contribution >= 0.6 is 23.2 Å². The van der Waals surface area contributed by atoms with Gasteiger partial charge in [-0.05, 0) is 45.4 Å². The molecule has 1 fully saturated rings. The summed E-state index contributed by atoms with van der Waals surface area (Å²) in [5, 5.41) is 3.20. The highest BCUT2D eigenvalue weighted by atomic mass is 35.5. The van der Waals surface area contributed by atoms with Crippen molar-refractivity contribution in [3.05, 3.63) is 56.3 Å². The Bertz CT molecular complexity index is 1110. The molecule has 1 aliphatic heterocycles. The number of urea groups is 1. The van der Waals surface area contributed by atoms with E-state index in [1.54, 1.807) is 32.9 Å². The van der Waals surface area contributed by atoms with E-state index in [1.165, 1.54) is 13.0 Å². The second kappa shape index (κ2) is 8.36. The molecule has 2 heterocycles. The Hall–Kier alpha value is -2.84. The van der Waals surface area contributed by atoms with Gasteiger partial charge in [-0.2, -0.15) is 0 Å². The minimum atomic E-state index is -1.45. The average Bonchev–Trinajstić information content (AvgIpc) is 3.09. The number of amides is 3. The molecule has 1 aromatic heterocycles. The zero-order chi connectivity index (χ0) is 23.1. The number of benzene rings is 1. The molecule has 3 amide bonds. The molecule has 0 aliphatic carbocycles. The van der Waals surface area contributed by atoms with E-state index in [-0.39, 0.29) is 22.9 Å². The van der Waals surface area contributed by atoms with Crippen LogP contribution in [0.4, 0.5) is 4.79 Å². The summed E-state index contributed by atoms with van der Waals surface area (Å²) in [6.45, 7) is 6.13. The van der Waals surface area contributed by atoms with Crippen LogP contribution in [0.1, 0.15) is 51.5 Å². The molecule has 8 nitrogen and oxygen atoms in total. The number of hydrogen-bond donors (Lipinski definition) is 2. The van der Waals surface area contributed by atoms with Crippen molar-refractivity contribution >= 4 is 46.9 Å². The maximum absolute atomic E-state index is 13.1. The van der Waals surface area contributed by atoms with E-state index in [1.807, 2.05) is 0 Å². The van der Waals surface area contributed by atoms with Crippen LogP contribution in [0.5, 0.6) is 0 Å². The Morgan fingerprint density at radius 3 is 2.48 bits per heavy atom. The van der Waals surface area contributed by atoms with Crippen molar-refractivity contribution in [2.75, 3.05) is 13.2 Å². The maximum atomic E-state index is 13.1. The minimum Gasteiger partial charge on any atom is -0.462 e. The molecule has 0 bridgehead atoms. The maximum Gasteiger partial charge on any atom is 0.340 e. The fraction of sp³-hybridized carbons (Fsp3) is 0.333. The molecule has 1 saturated heterocycles. The lowest BCUT2D eigenvalue weighted by Crippen LogP contribution is -2.41. The largest absolute Gasteiger partial charge is 0.462 e. The number of ketones is 1. The molecule has 1 unspecified atom stereocenters. The van der Waals surface area contributed by atoms with Gasteiger partial charge in [0.05, 0.1) is 24.4 Å². The highest BCUT2D eigenvalue weighted by molar-refractivity contribution is 6.35. The van der Waals surface area contributed by atoms with Crippen molar-refractivity contribution in [3.63, 3.8) is 0 Å². The van der Waals surface area contributed by atoms with Crippen molar-refractivity contribution in [2.24, 2.45) is 0 Å². The molecule has 0 radical (unpaired) electrons. The molecular weight excluding hydrogens is 445 g/mol. The van der Waals surface area contributed by atoms with Crippen LogP contribution in [0.3, 0.4) is 0 Å². The Morgan fingerprint density at radius 2 is 1.87 bits per heavy atom. The van der Waals surface area contributed by atoms with Crippen molar-refractivity contribution in [3.8, 4) is 0 Å². The summed E-state index contributed by atoms with van der Waals surface area (Å²) in [6.07, 6.45) is 0. The van der Waals surface area contributed by atoms with Crippen LogP contribution in [0.15, 0.2) is 18.2 Å². The van der Waals surface area contributed by atoms with Crippen molar-refractivity contribution in [2.45, 2.75) is 33.2 Å². The van der Waals surface area contributed by atoms with Gasteiger partial charge in [-0.1, -0.05) is 29.3 Å². The number of imide groups is 1. The van der Waals surface area contributed by atoms with Crippen LogP contribution in [-0.2, 0) is 15.1 Å². The third kappa shape index (κ3) is 3.93. The minimum absolute atomic E-state index is 0.138. The Balaban J connectivity index is 1.88. The van der Waals surface area contributed by atoms with Gasteiger partial charge in [-0.3, -0.25) is 14.5 Å². The van der Waals surface area contributed by atoms with Gasteiger partial charge in [0.2, 0.25) is 0 Å². The number of carbonyl (C=O) groups excluding carboxylic acids is 4. The molecule has 2 N–H and O–H groups in total. The number of carbonyl (C=O) groups is 4. The molecule has 1 aromatic carbocycles. The van der Waals surface area contributed by atoms with Gasteiger partial charge in [0, 0.05) is 21.3 Å². The lowest BCUT2D eigenvalue weighted by Gasteiger charge is -2.23. The highest BCUT2D eigenvalue weighted by Crippen LogP contribution is 2.35. The predicted molar refractivity (Wildman–Crippen MR) is 115 cm³/mol. The van der Waals surface area contributed by atoms with Gasteiger partial charge in [0.15, 0.2) is 5.78 Å². The second-order valence-corrected chi connectivity index (χ2v) is 8.18. The monoisotopic (exact) mass is 465 g/mol. The van der Waals surface area contributed by atoms with Crippen LogP contribution in [-0.4, -0.2) is 46.7 Å². The van der Waals surface area contributed by atoms with Gasteiger partial charge in [-0.25, -0.2) is 9.59 Å². The number of aromatic amines is 1. The van der Waals surface area contributed by atoms with E-state index in [2.05, 4.69) is 10.3 Å². The number of H-pyrrole nitrogens is 1. The average molecular weight is 466 g/mol. The number of aromatic nitrogens is 1. The molecular formula is C21H21Cl2N3O5. The first-order valence-electron chi connectivity index (χ1n) is 9.50. The van der Waals surface area contributed by atoms with Crippen molar-refractivity contribution < 1.29 is 23.9 Å². The van der Waals surface area contributed by atoms with Crippen molar-refractivity contribution in [1.82, 2.24) is 15.2 Å². The fourth-order valence-corrected chi connectivity index (χ4v) is 4.28. The quantitative estimate of drug-likeness (QED) is 0.383. The van der Waals surface area contributed by atoms with Gasteiger partial charge < -0.3 is 15.0 Å². The molecule has 0 saturated carbocycles. The predicted octanol–water partition coefficient (Wildman–Crippen LogP) is 3.76. The number of aryl methyl sites for hydroxylation is 1. The molecule has 164 valence electrons. The molecule has 1 aliphatic rings. The second-order valence-electron chi connectivity index (χ2n) is 7.34. The molecule has 0 spiro atoms. The Labute approximate surface area is 188 Å². The zero-order valence-corrected chi connectivity index (χ0v) is 18.9. The summed E-state index contributed by atoms with van der Waals surface area (Å²) in [6, 6.07) is 3.86. The number of hydrogen-bond acceptors (Lipinski definition) is 5. The number of esters is 1. The lowest BCUT2D eigenvalue weighted by atomic mass is 9.92. The fourth-order valence-electron chi connectivity index (χ4n) is 3.68. The third-order valence-corrected chi connectivity index (χ3v) is 5.79. The summed E-state index contributed by atoms with van der Waals surface area (Å²) < 4.78 is 5.03. The summed E-state index contributed by atoms with van der Waals surface area (Å²) in [4.78, 5) is 54.4. The topological polar surface area (TPSA) is 109 Å². The Kier molecular flexibility index (Phi) is 6.16. The van der Waals surface area contributed by atoms with E-state index in [0.29, 0.717) is 21.8 Å². The van der Waals surface area contributed by atoms with Gasteiger partial charge in [-0.15, -0.1) is 0 Å². The van der Waals surface area contributed by atoms with Gasteiger partial charge in [0.25, 0.3) is 5.91 Å². The highest BCUT2D eigenvalue weighted by Gasteiger charge is 2.50. The smallest absolute Gasteiger partial charge is 0.340 e. The third-order valence-electron chi connectivity index (χ3n) is 5.24.